The molecule has 3 aliphatic heterocycles. The number of carbonyl (C=O) groups excluding carboxylic acids is 1. The van der Waals surface area contributed by atoms with Crippen molar-refractivity contribution in [2.24, 2.45) is 17.8 Å². The van der Waals surface area contributed by atoms with E-state index < -0.39 is 0 Å². The molecule has 1 amide bonds. The van der Waals surface area contributed by atoms with Crippen molar-refractivity contribution in [2.45, 2.75) is 38.8 Å². The van der Waals surface area contributed by atoms with Crippen molar-refractivity contribution >= 4 is 5.91 Å². The van der Waals surface area contributed by atoms with Crippen molar-refractivity contribution < 1.29 is 4.79 Å². The summed E-state index contributed by atoms with van der Waals surface area (Å²) < 4.78 is 0. The lowest BCUT2D eigenvalue weighted by Gasteiger charge is -2.38. The van der Waals surface area contributed by atoms with Crippen LogP contribution in [0.1, 0.15) is 43.1 Å². The van der Waals surface area contributed by atoms with Gasteiger partial charge in [0.05, 0.1) is 6.17 Å². The van der Waals surface area contributed by atoms with Crippen LogP contribution in [0.2, 0.25) is 0 Å². The Balaban J connectivity index is 1.11. The van der Waals surface area contributed by atoms with Gasteiger partial charge in [0.1, 0.15) is 0 Å². The summed E-state index contributed by atoms with van der Waals surface area (Å²) in [5.41, 5.74) is 3.58. The van der Waals surface area contributed by atoms with E-state index in [0.717, 1.165) is 57.2 Å². The molecule has 2 saturated heterocycles. The topological polar surface area (TPSA) is 38.8 Å². The normalized spacial score (nSPS) is 30.6. The van der Waals surface area contributed by atoms with Gasteiger partial charge in [-0.15, -0.1) is 0 Å². The molecule has 4 aliphatic rings. The predicted octanol–water partition coefficient (Wildman–Crippen LogP) is 3.31. The molecule has 0 bridgehead atoms. The van der Waals surface area contributed by atoms with Crippen LogP contribution in [-0.2, 0) is 5.41 Å². The first-order chi connectivity index (χ1) is 15.3. The van der Waals surface area contributed by atoms with Gasteiger partial charge in [0, 0.05) is 50.5 Å². The van der Waals surface area contributed by atoms with Gasteiger partial charge in [0.25, 0.3) is 5.91 Å². The number of hydrogen-bond donors (Lipinski definition) is 1. The quantitative estimate of drug-likeness (QED) is 0.789. The number of fused-ring (bicyclic) bond motifs is 1. The van der Waals surface area contributed by atoms with Gasteiger partial charge >= 0.3 is 0 Å². The number of nitrogens with zero attached hydrogens (tertiary/aromatic N) is 3. The number of nitrogens with one attached hydrogen (secondary N) is 1. The Morgan fingerprint density at radius 2 is 1.69 bits per heavy atom. The Morgan fingerprint density at radius 1 is 1.03 bits per heavy atom. The minimum atomic E-state index is 0.116. The van der Waals surface area contributed by atoms with E-state index in [1.807, 2.05) is 12.1 Å². The van der Waals surface area contributed by atoms with Crippen molar-refractivity contribution in [2.75, 3.05) is 46.3 Å². The summed E-state index contributed by atoms with van der Waals surface area (Å²) in [5.74, 6) is 2.26. The van der Waals surface area contributed by atoms with Gasteiger partial charge in [0.15, 0.2) is 0 Å². The number of allylic oxidation sites excluding steroid dienone is 3. The molecule has 3 fully saturated rings. The summed E-state index contributed by atoms with van der Waals surface area (Å²) in [7, 11) is 2.20. The predicted molar refractivity (Wildman–Crippen MR) is 129 cm³/mol. The molecule has 3 heterocycles. The largest absolute Gasteiger partial charge is 0.370 e. The molecule has 32 heavy (non-hydrogen) atoms. The zero-order valence-corrected chi connectivity index (χ0v) is 20.1. The Labute approximate surface area is 193 Å². The average Bonchev–Trinajstić information content (AvgIpc) is 3.21. The van der Waals surface area contributed by atoms with E-state index in [1.165, 1.54) is 11.3 Å². The van der Waals surface area contributed by atoms with Crippen LogP contribution >= 0.6 is 0 Å². The second-order valence-corrected chi connectivity index (χ2v) is 11.2. The van der Waals surface area contributed by atoms with Crippen LogP contribution in [0.3, 0.4) is 0 Å². The molecular formula is C27H38N4O. The molecular weight excluding hydrogens is 396 g/mol. The zero-order chi connectivity index (χ0) is 22.5. The minimum absolute atomic E-state index is 0.116. The maximum Gasteiger partial charge on any atom is 0.253 e. The zero-order valence-electron chi connectivity index (χ0n) is 20.1. The van der Waals surface area contributed by atoms with E-state index in [9.17, 15) is 4.79 Å². The molecule has 5 heteroatoms. The molecule has 0 spiro atoms. The third-order valence-electron chi connectivity index (χ3n) is 7.97. The van der Waals surface area contributed by atoms with Gasteiger partial charge < -0.3 is 15.1 Å². The monoisotopic (exact) mass is 434 g/mol. The first-order valence-electron chi connectivity index (χ1n) is 12.3. The fraction of sp³-hybridized carbons (Fsp3) is 0.593. The van der Waals surface area contributed by atoms with Crippen molar-refractivity contribution in [3.63, 3.8) is 0 Å². The smallest absolute Gasteiger partial charge is 0.253 e. The molecule has 3 unspecified atom stereocenters. The van der Waals surface area contributed by atoms with Crippen LogP contribution in [0.25, 0.3) is 0 Å². The lowest BCUT2D eigenvalue weighted by Crippen LogP contribution is -2.53. The third kappa shape index (κ3) is 4.38. The Morgan fingerprint density at radius 3 is 2.31 bits per heavy atom. The average molecular weight is 435 g/mol. The molecule has 1 aromatic rings. The standard InChI is InChI=1S/C27H38N4O/c1-27(2,3)20-10-8-19(9-11-20)26(32)31-17-23-22(24(23)18-31)16-21-6-5-7-25(28-21)30-14-12-29(4)13-15-30/h5-11,22-25,28H,12-18H2,1-4H3. The highest BCUT2D eigenvalue weighted by atomic mass is 16.2. The molecule has 172 valence electrons. The van der Waals surface area contributed by atoms with E-state index in [4.69, 9.17) is 0 Å². The molecule has 0 radical (unpaired) electrons. The van der Waals surface area contributed by atoms with Crippen molar-refractivity contribution in [3.8, 4) is 0 Å². The molecule has 1 N–H and O–H groups in total. The summed E-state index contributed by atoms with van der Waals surface area (Å²) in [6.45, 7) is 13.0. The number of rotatable bonds is 4. The molecule has 1 saturated carbocycles. The number of piperazine rings is 1. The van der Waals surface area contributed by atoms with Gasteiger partial charge in [-0.3, -0.25) is 9.69 Å². The van der Waals surface area contributed by atoms with E-state index in [1.54, 1.807) is 0 Å². The molecule has 1 aromatic carbocycles. The fourth-order valence-electron chi connectivity index (χ4n) is 5.67. The van der Waals surface area contributed by atoms with Gasteiger partial charge in [-0.2, -0.15) is 0 Å². The highest BCUT2D eigenvalue weighted by molar-refractivity contribution is 5.94. The second kappa shape index (κ2) is 8.35. The number of likely N-dealkylation sites (tertiary alicyclic amines) is 1. The van der Waals surface area contributed by atoms with Crippen LogP contribution in [0.15, 0.2) is 48.2 Å². The lowest BCUT2D eigenvalue weighted by atomic mass is 9.86. The van der Waals surface area contributed by atoms with Gasteiger partial charge in [-0.05, 0) is 66.5 Å². The lowest BCUT2D eigenvalue weighted by molar-refractivity contribution is 0.0767. The van der Waals surface area contributed by atoms with E-state index in [2.05, 4.69) is 78.2 Å². The molecule has 3 atom stereocenters. The number of carbonyl (C=O) groups is 1. The summed E-state index contributed by atoms with van der Waals surface area (Å²) in [6.07, 6.45) is 8.21. The number of dihydropyridines is 1. The van der Waals surface area contributed by atoms with E-state index in [-0.39, 0.29) is 11.3 Å². The summed E-state index contributed by atoms with van der Waals surface area (Å²) >= 11 is 0. The molecule has 5 rings (SSSR count). The molecule has 1 aliphatic carbocycles. The highest BCUT2D eigenvalue weighted by Gasteiger charge is 2.56. The number of hydrogen-bond acceptors (Lipinski definition) is 4. The van der Waals surface area contributed by atoms with Crippen molar-refractivity contribution in [3.05, 3.63) is 59.3 Å². The second-order valence-electron chi connectivity index (χ2n) is 11.2. The van der Waals surface area contributed by atoms with Gasteiger partial charge in [0.2, 0.25) is 0 Å². The first-order valence-corrected chi connectivity index (χ1v) is 12.3. The van der Waals surface area contributed by atoms with Crippen LogP contribution < -0.4 is 5.32 Å². The summed E-state index contributed by atoms with van der Waals surface area (Å²) in [6, 6.07) is 8.23. The van der Waals surface area contributed by atoms with Crippen molar-refractivity contribution in [1.82, 2.24) is 20.0 Å². The Hall–Kier alpha value is -2.11. The van der Waals surface area contributed by atoms with Gasteiger partial charge in [-0.25, -0.2) is 0 Å². The SMILES string of the molecule is CN1CCN(C2C=CC=C(CC3C4CN(C(=O)c5ccc(C(C)(C)C)cc5)CC34)N2)CC1. The van der Waals surface area contributed by atoms with Crippen LogP contribution in [0.4, 0.5) is 0 Å². The Bertz CT molecular complexity index is 893. The van der Waals surface area contributed by atoms with Crippen molar-refractivity contribution in [1.29, 1.82) is 0 Å². The Kier molecular flexibility index (Phi) is 5.67. The number of amides is 1. The van der Waals surface area contributed by atoms with E-state index in [0.29, 0.717) is 18.0 Å². The molecule has 0 aromatic heterocycles. The number of likely N-dealkylation sites (N-methyl/N-ethyl adjacent to an activating group) is 1. The van der Waals surface area contributed by atoms with Crippen LogP contribution in [-0.4, -0.2) is 73.1 Å². The maximum absolute atomic E-state index is 13.0. The third-order valence-corrected chi connectivity index (χ3v) is 7.97. The van der Waals surface area contributed by atoms with Crippen LogP contribution in [0, 0.1) is 17.8 Å². The number of benzene rings is 1. The highest BCUT2D eigenvalue weighted by Crippen LogP contribution is 2.54. The minimum Gasteiger partial charge on any atom is -0.370 e. The van der Waals surface area contributed by atoms with E-state index >= 15 is 0 Å². The maximum atomic E-state index is 13.0. The van der Waals surface area contributed by atoms with Gasteiger partial charge in [-0.1, -0.05) is 39.0 Å². The number of piperidine rings is 1. The summed E-state index contributed by atoms with van der Waals surface area (Å²) in [5, 5.41) is 3.78. The first kappa shape index (κ1) is 21.7. The fourth-order valence-corrected chi connectivity index (χ4v) is 5.67. The molecule has 5 nitrogen and oxygen atoms in total. The summed E-state index contributed by atoms with van der Waals surface area (Å²) in [4.78, 5) is 20.0. The van der Waals surface area contributed by atoms with Crippen LogP contribution in [0.5, 0.6) is 0 Å².